The molecule has 0 radical (unpaired) electrons. The van der Waals surface area contributed by atoms with Crippen molar-refractivity contribution in [3.63, 3.8) is 0 Å². The van der Waals surface area contributed by atoms with Crippen molar-refractivity contribution in [2.24, 2.45) is 0 Å². The average molecular weight is 361 g/mol. The van der Waals surface area contributed by atoms with Crippen LogP contribution in [0.15, 0.2) is 36.4 Å². The molecule has 7 heteroatoms. The number of ether oxygens (including phenoxy) is 2. The second-order valence-electron chi connectivity index (χ2n) is 5.55. The van der Waals surface area contributed by atoms with Crippen LogP contribution in [-0.2, 0) is 11.2 Å². The molecule has 2 N–H and O–H groups in total. The molecule has 1 heterocycles. The van der Waals surface area contributed by atoms with Crippen molar-refractivity contribution in [2.45, 2.75) is 12.5 Å². The van der Waals surface area contributed by atoms with Crippen molar-refractivity contribution < 1.29 is 19.1 Å². The SMILES string of the molecule is CNC(=O)c1ccc(OC)c(NC(=O)C2Cc3cc(Cl)ccc3O2)c1. The quantitative estimate of drug-likeness (QED) is 0.878. The molecule has 1 atom stereocenters. The summed E-state index contributed by atoms with van der Waals surface area (Å²) >= 11 is 5.97. The van der Waals surface area contributed by atoms with Gasteiger partial charge in [0.25, 0.3) is 11.8 Å². The minimum absolute atomic E-state index is 0.252. The third-order valence-electron chi connectivity index (χ3n) is 3.94. The standard InChI is InChI=1S/C18H17ClN2O4/c1-20-17(22)10-3-5-15(24-2)13(8-10)21-18(23)16-9-11-7-12(19)4-6-14(11)25-16/h3-8,16H,9H2,1-2H3,(H,20,22)(H,21,23). The van der Waals surface area contributed by atoms with Crippen molar-refractivity contribution in [3.05, 3.63) is 52.5 Å². The minimum atomic E-state index is -0.665. The maximum Gasteiger partial charge on any atom is 0.265 e. The highest BCUT2D eigenvalue weighted by atomic mass is 35.5. The van der Waals surface area contributed by atoms with E-state index in [9.17, 15) is 9.59 Å². The smallest absolute Gasteiger partial charge is 0.265 e. The topological polar surface area (TPSA) is 76.7 Å². The van der Waals surface area contributed by atoms with E-state index in [1.165, 1.54) is 7.11 Å². The van der Waals surface area contributed by atoms with E-state index in [-0.39, 0.29) is 11.8 Å². The number of fused-ring (bicyclic) bond motifs is 1. The summed E-state index contributed by atoms with van der Waals surface area (Å²) in [6, 6.07) is 10.1. The Morgan fingerprint density at radius 1 is 1.24 bits per heavy atom. The van der Waals surface area contributed by atoms with E-state index in [4.69, 9.17) is 21.1 Å². The average Bonchev–Trinajstić information content (AvgIpc) is 3.04. The molecule has 2 aromatic rings. The number of rotatable bonds is 4. The first-order valence-corrected chi connectivity index (χ1v) is 8.05. The van der Waals surface area contributed by atoms with Crippen LogP contribution in [0.2, 0.25) is 5.02 Å². The summed E-state index contributed by atoms with van der Waals surface area (Å²) in [6.07, 6.45) is -0.235. The summed E-state index contributed by atoms with van der Waals surface area (Å²) in [5.74, 6) is 0.534. The summed E-state index contributed by atoms with van der Waals surface area (Å²) in [5, 5.41) is 5.91. The lowest BCUT2D eigenvalue weighted by molar-refractivity contribution is -0.122. The number of amides is 2. The van der Waals surface area contributed by atoms with Crippen LogP contribution in [0.5, 0.6) is 11.5 Å². The Hall–Kier alpha value is -2.73. The van der Waals surface area contributed by atoms with E-state index < -0.39 is 6.10 Å². The first-order valence-electron chi connectivity index (χ1n) is 7.68. The number of methoxy groups -OCH3 is 1. The third kappa shape index (κ3) is 3.53. The predicted octanol–water partition coefficient (Wildman–Crippen LogP) is 2.65. The fourth-order valence-electron chi connectivity index (χ4n) is 2.67. The Labute approximate surface area is 150 Å². The number of nitrogens with one attached hydrogen (secondary N) is 2. The molecule has 0 bridgehead atoms. The molecule has 2 amide bonds. The van der Waals surface area contributed by atoms with Gasteiger partial charge in [-0.2, -0.15) is 0 Å². The fourth-order valence-corrected chi connectivity index (χ4v) is 2.86. The van der Waals surface area contributed by atoms with E-state index in [0.29, 0.717) is 34.2 Å². The van der Waals surface area contributed by atoms with E-state index in [1.54, 1.807) is 43.4 Å². The van der Waals surface area contributed by atoms with Crippen molar-refractivity contribution in [1.29, 1.82) is 0 Å². The number of benzene rings is 2. The largest absolute Gasteiger partial charge is 0.495 e. The Morgan fingerprint density at radius 3 is 2.76 bits per heavy atom. The van der Waals surface area contributed by atoms with Crippen LogP contribution < -0.4 is 20.1 Å². The van der Waals surface area contributed by atoms with Crippen molar-refractivity contribution in [2.75, 3.05) is 19.5 Å². The molecule has 1 aliphatic rings. The van der Waals surface area contributed by atoms with Gasteiger partial charge in [-0.1, -0.05) is 11.6 Å². The highest BCUT2D eigenvalue weighted by Crippen LogP contribution is 2.32. The van der Waals surface area contributed by atoms with Gasteiger partial charge in [0.2, 0.25) is 0 Å². The second kappa shape index (κ2) is 7.03. The van der Waals surface area contributed by atoms with E-state index in [2.05, 4.69) is 10.6 Å². The number of anilines is 1. The molecule has 0 aliphatic carbocycles. The van der Waals surface area contributed by atoms with E-state index >= 15 is 0 Å². The number of hydrogen-bond acceptors (Lipinski definition) is 4. The van der Waals surface area contributed by atoms with Gasteiger partial charge in [-0.3, -0.25) is 9.59 Å². The molecule has 3 rings (SSSR count). The predicted molar refractivity (Wildman–Crippen MR) is 94.6 cm³/mol. The van der Waals surface area contributed by atoms with Gasteiger partial charge < -0.3 is 20.1 Å². The molecule has 1 unspecified atom stereocenters. The molecule has 0 spiro atoms. The lowest BCUT2D eigenvalue weighted by Gasteiger charge is -2.14. The zero-order chi connectivity index (χ0) is 18.0. The Kier molecular flexibility index (Phi) is 4.81. The van der Waals surface area contributed by atoms with E-state index in [0.717, 1.165) is 5.56 Å². The number of hydrogen-bond donors (Lipinski definition) is 2. The summed E-state index contributed by atoms with van der Waals surface area (Å²) < 4.78 is 10.9. The van der Waals surface area contributed by atoms with Crippen LogP contribution in [0.3, 0.4) is 0 Å². The number of carbonyl (C=O) groups excluding carboxylic acids is 2. The zero-order valence-corrected chi connectivity index (χ0v) is 14.5. The third-order valence-corrected chi connectivity index (χ3v) is 4.17. The maximum atomic E-state index is 12.6. The molecular formula is C18H17ClN2O4. The normalized spacial score (nSPS) is 15.1. The van der Waals surface area contributed by atoms with Crippen molar-refractivity contribution in [3.8, 4) is 11.5 Å². The Bertz CT molecular complexity index is 838. The zero-order valence-electron chi connectivity index (χ0n) is 13.8. The first kappa shape index (κ1) is 17.1. The summed E-state index contributed by atoms with van der Waals surface area (Å²) in [6.45, 7) is 0. The molecule has 0 aromatic heterocycles. The van der Waals surface area contributed by atoms with E-state index in [1.807, 2.05) is 0 Å². The van der Waals surface area contributed by atoms with Gasteiger partial charge in [-0.15, -0.1) is 0 Å². The molecule has 0 saturated heterocycles. The monoisotopic (exact) mass is 360 g/mol. The highest BCUT2D eigenvalue weighted by molar-refractivity contribution is 6.30. The Morgan fingerprint density at radius 2 is 2.04 bits per heavy atom. The van der Waals surface area contributed by atoms with Crippen LogP contribution in [0.1, 0.15) is 15.9 Å². The van der Waals surface area contributed by atoms with Gasteiger partial charge in [0.15, 0.2) is 6.10 Å². The lowest BCUT2D eigenvalue weighted by Crippen LogP contribution is -2.31. The maximum absolute atomic E-state index is 12.6. The van der Waals surface area contributed by atoms with Gasteiger partial charge in [0, 0.05) is 24.1 Å². The van der Waals surface area contributed by atoms with Gasteiger partial charge in [0.1, 0.15) is 11.5 Å². The molecule has 6 nitrogen and oxygen atoms in total. The number of halogens is 1. The van der Waals surface area contributed by atoms with Crippen molar-refractivity contribution in [1.82, 2.24) is 5.32 Å². The minimum Gasteiger partial charge on any atom is -0.495 e. The molecule has 0 fully saturated rings. The molecule has 25 heavy (non-hydrogen) atoms. The Balaban J connectivity index is 1.78. The summed E-state index contributed by atoms with van der Waals surface area (Å²) in [7, 11) is 3.04. The summed E-state index contributed by atoms with van der Waals surface area (Å²) in [5.41, 5.74) is 1.71. The van der Waals surface area contributed by atoms with Crippen LogP contribution in [0, 0.1) is 0 Å². The fraction of sp³-hybridized carbons (Fsp3) is 0.222. The second-order valence-corrected chi connectivity index (χ2v) is 5.98. The molecule has 2 aromatic carbocycles. The molecular weight excluding hydrogens is 344 g/mol. The van der Waals surface area contributed by atoms with Crippen LogP contribution in [0.4, 0.5) is 5.69 Å². The van der Waals surface area contributed by atoms with Crippen LogP contribution in [-0.4, -0.2) is 32.1 Å². The molecule has 0 saturated carbocycles. The number of carbonyl (C=O) groups is 2. The summed E-state index contributed by atoms with van der Waals surface area (Å²) in [4.78, 5) is 24.3. The van der Waals surface area contributed by atoms with Gasteiger partial charge in [-0.25, -0.2) is 0 Å². The van der Waals surface area contributed by atoms with Crippen LogP contribution >= 0.6 is 11.6 Å². The van der Waals surface area contributed by atoms with Gasteiger partial charge >= 0.3 is 0 Å². The highest BCUT2D eigenvalue weighted by Gasteiger charge is 2.30. The molecule has 130 valence electrons. The van der Waals surface area contributed by atoms with Gasteiger partial charge in [0.05, 0.1) is 12.8 Å². The van der Waals surface area contributed by atoms with Crippen LogP contribution in [0.25, 0.3) is 0 Å². The van der Waals surface area contributed by atoms with Crippen molar-refractivity contribution >= 4 is 29.1 Å². The molecule has 1 aliphatic heterocycles. The van der Waals surface area contributed by atoms with Gasteiger partial charge in [-0.05, 0) is 42.0 Å². The lowest BCUT2D eigenvalue weighted by atomic mass is 10.1. The first-order chi connectivity index (χ1) is 12.0.